The van der Waals surface area contributed by atoms with E-state index in [2.05, 4.69) is 17.4 Å². The van der Waals surface area contributed by atoms with Crippen molar-refractivity contribution in [3.8, 4) is 0 Å². The predicted octanol–water partition coefficient (Wildman–Crippen LogP) is 4.71. The molecule has 0 radical (unpaired) electrons. The minimum atomic E-state index is -0.945. The highest BCUT2D eigenvalue weighted by atomic mass is 19.1. The molecule has 0 aliphatic carbocycles. The Bertz CT molecular complexity index is 980. The lowest BCUT2D eigenvalue weighted by molar-refractivity contribution is 0.0694. The van der Waals surface area contributed by atoms with E-state index in [1.807, 2.05) is 29.7 Å². The van der Waals surface area contributed by atoms with Gasteiger partial charge in [0, 0.05) is 29.1 Å². The van der Waals surface area contributed by atoms with Gasteiger partial charge in [-0.15, -0.1) is 0 Å². The van der Waals surface area contributed by atoms with E-state index in [-0.39, 0.29) is 5.82 Å². The minimum Gasteiger partial charge on any atom is -0.478 e. The maximum atomic E-state index is 14.1. The number of aryl methyl sites for hydroxylation is 1. The molecule has 0 aliphatic heterocycles. The van der Waals surface area contributed by atoms with Crippen LogP contribution >= 0.6 is 0 Å². The number of nitrogens with zero attached hydrogens (tertiary/aromatic N) is 1. The molecule has 2 N–H and O–H groups in total. The SMILES string of the molecule is Cc1c(CNCCCc2ccccc2)c(C(=O)O)c(C)n1Cc1ccccc1F. The molecule has 0 bridgehead atoms. The van der Waals surface area contributed by atoms with Crippen molar-refractivity contribution < 1.29 is 14.3 Å². The molecule has 2 aromatic carbocycles. The highest BCUT2D eigenvalue weighted by Gasteiger charge is 2.22. The Hall–Kier alpha value is -2.92. The Balaban J connectivity index is 1.70. The Labute approximate surface area is 171 Å². The molecule has 152 valence electrons. The van der Waals surface area contributed by atoms with Gasteiger partial charge in [0.25, 0.3) is 0 Å². The second kappa shape index (κ2) is 9.52. The average molecular weight is 394 g/mol. The molecule has 3 rings (SSSR count). The lowest BCUT2D eigenvalue weighted by Crippen LogP contribution is -2.17. The van der Waals surface area contributed by atoms with Crippen molar-refractivity contribution in [2.45, 2.75) is 39.8 Å². The summed E-state index contributed by atoms with van der Waals surface area (Å²) >= 11 is 0. The monoisotopic (exact) mass is 394 g/mol. The first kappa shape index (κ1) is 20.8. The van der Waals surface area contributed by atoms with E-state index in [1.54, 1.807) is 25.1 Å². The summed E-state index contributed by atoms with van der Waals surface area (Å²) in [4.78, 5) is 11.9. The quantitative estimate of drug-likeness (QED) is 0.517. The number of hydrogen-bond donors (Lipinski definition) is 2. The molecule has 4 nitrogen and oxygen atoms in total. The fourth-order valence-corrected chi connectivity index (χ4v) is 3.76. The van der Waals surface area contributed by atoms with Crippen LogP contribution in [0.4, 0.5) is 4.39 Å². The highest BCUT2D eigenvalue weighted by Crippen LogP contribution is 2.24. The number of carboxylic acid groups (broad SMARTS) is 1. The van der Waals surface area contributed by atoms with E-state index in [4.69, 9.17) is 0 Å². The maximum Gasteiger partial charge on any atom is 0.337 e. The van der Waals surface area contributed by atoms with Crippen LogP contribution in [0.3, 0.4) is 0 Å². The van der Waals surface area contributed by atoms with E-state index in [0.29, 0.717) is 29.9 Å². The number of rotatable bonds is 9. The van der Waals surface area contributed by atoms with Gasteiger partial charge >= 0.3 is 5.97 Å². The summed E-state index contributed by atoms with van der Waals surface area (Å²) in [7, 11) is 0. The molecule has 0 fully saturated rings. The molecule has 3 aromatic rings. The van der Waals surface area contributed by atoms with Gasteiger partial charge in [-0.3, -0.25) is 0 Å². The van der Waals surface area contributed by atoms with Crippen LogP contribution in [0.2, 0.25) is 0 Å². The zero-order chi connectivity index (χ0) is 20.8. The lowest BCUT2D eigenvalue weighted by Gasteiger charge is -2.11. The highest BCUT2D eigenvalue weighted by molar-refractivity contribution is 5.91. The number of nitrogens with one attached hydrogen (secondary N) is 1. The molecular weight excluding hydrogens is 367 g/mol. The lowest BCUT2D eigenvalue weighted by atomic mass is 10.1. The van der Waals surface area contributed by atoms with Crippen molar-refractivity contribution >= 4 is 5.97 Å². The Morgan fingerprint density at radius 3 is 2.41 bits per heavy atom. The topological polar surface area (TPSA) is 54.3 Å². The Kier molecular flexibility index (Phi) is 6.83. The molecule has 29 heavy (non-hydrogen) atoms. The summed E-state index contributed by atoms with van der Waals surface area (Å²) < 4.78 is 16.0. The zero-order valence-corrected chi connectivity index (χ0v) is 16.9. The Morgan fingerprint density at radius 2 is 1.72 bits per heavy atom. The van der Waals surface area contributed by atoms with Crippen LogP contribution in [0.1, 0.15) is 44.9 Å². The van der Waals surface area contributed by atoms with E-state index in [9.17, 15) is 14.3 Å². The van der Waals surface area contributed by atoms with Crippen molar-refractivity contribution in [2.24, 2.45) is 0 Å². The molecule has 0 unspecified atom stereocenters. The number of aromatic nitrogens is 1. The summed E-state index contributed by atoms with van der Waals surface area (Å²) in [6.45, 7) is 5.29. The third-order valence-electron chi connectivity index (χ3n) is 5.37. The van der Waals surface area contributed by atoms with Gasteiger partial charge in [0.15, 0.2) is 0 Å². The summed E-state index contributed by atoms with van der Waals surface area (Å²) in [6.07, 6.45) is 1.95. The molecule has 5 heteroatoms. The second-order valence-corrected chi connectivity index (χ2v) is 7.27. The van der Waals surface area contributed by atoms with E-state index < -0.39 is 5.97 Å². The third kappa shape index (κ3) is 4.93. The van der Waals surface area contributed by atoms with Crippen molar-refractivity contribution in [3.05, 3.63) is 94.1 Å². The van der Waals surface area contributed by atoms with E-state index in [1.165, 1.54) is 11.6 Å². The fourth-order valence-electron chi connectivity index (χ4n) is 3.76. The predicted molar refractivity (Wildman–Crippen MR) is 113 cm³/mol. The van der Waals surface area contributed by atoms with Crippen molar-refractivity contribution in [1.82, 2.24) is 9.88 Å². The molecular formula is C24H27FN2O2. The van der Waals surface area contributed by atoms with Gasteiger partial charge in [-0.2, -0.15) is 0 Å². The fraction of sp³-hybridized carbons (Fsp3) is 0.292. The number of halogens is 1. The second-order valence-electron chi connectivity index (χ2n) is 7.27. The van der Waals surface area contributed by atoms with Gasteiger partial charge in [0.05, 0.1) is 12.1 Å². The normalized spacial score (nSPS) is 11.0. The van der Waals surface area contributed by atoms with Crippen LogP contribution < -0.4 is 5.32 Å². The first-order valence-electron chi connectivity index (χ1n) is 9.89. The molecule has 0 spiro atoms. The van der Waals surface area contributed by atoms with Crippen LogP contribution in [0.25, 0.3) is 0 Å². The van der Waals surface area contributed by atoms with Gasteiger partial charge in [0.2, 0.25) is 0 Å². The molecule has 0 amide bonds. The number of carbonyl (C=O) groups is 1. The van der Waals surface area contributed by atoms with Gasteiger partial charge in [-0.1, -0.05) is 48.5 Å². The van der Waals surface area contributed by atoms with Gasteiger partial charge in [-0.05, 0) is 44.9 Å². The first-order chi connectivity index (χ1) is 14.0. The van der Waals surface area contributed by atoms with Crippen LogP contribution in [0.15, 0.2) is 54.6 Å². The minimum absolute atomic E-state index is 0.280. The summed E-state index contributed by atoms with van der Waals surface area (Å²) in [5.41, 5.74) is 4.44. The van der Waals surface area contributed by atoms with Gasteiger partial charge in [-0.25, -0.2) is 9.18 Å². The average Bonchev–Trinajstić information content (AvgIpc) is 2.94. The van der Waals surface area contributed by atoms with Crippen LogP contribution in [0.5, 0.6) is 0 Å². The third-order valence-corrected chi connectivity index (χ3v) is 5.37. The summed E-state index contributed by atoms with van der Waals surface area (Å²) in [5.74, 6) is -1.23. The standard InChI is InChI=1S/C24H27FN2O2/c1-17-21(15-26-14-8-11-19-9-4-3-5-10-19)23(24(28)29)18(2)27(17)16-20-12-6-7-13-22(20)25/h3-7,9-10,12-13,26H,8,11,14-16H2,1-2H3,(H,28,29). The summed E-state index contributed by atoms with van der Waals surface area (Å²) in [5, 5.41) is 13.1. The van der Waals surface area contributed by atoms with Crippen LogP contribution in [-0.4, -0.2) is 22.2 Å². The zero-order valence-electron chi connectivity index (χ0n) is 16.9. The van der Waals surface area contributed by atoms with Gasteiger partial charge in [0.1, 0.15) is 5.82 Å². The molecule has 0 saturated carbocycles. The van der Waals surface area contributed by atoms with E-state index in [0.717, 1.165) is 30.6 Å². The van der Waals surface area contributed by atoms with Crippen molar-refractivity contribution in [3.63, 3.8) is 0 Å². The van der Waals surface area contributed by atoms with Gasteiger partial charge < -0.3 is 15.0 Å². The van der Waals surface area contributed by atoms with Crippen molar-refractivity contribution in [1.29, 1.82) is 0 Å². The number of carboxylic acids is 1. The van der Waals surface area contributed by atoms with Crippen molar-refractivity contribution in [2.75, 3.05) is 6.54 Å². The molecule has 0 aliphatic rings. The smallest absolute Gasteiger partial charge is 0.337 e. The van der Waals surface area contributed by atoms with E-state index >= 15 is 0 Å². The number of hydrogen-bond acceptors (Lipinski definition) is 2. The molecule has 1 aromatic heterocycles. The molecule has 1 heterocycles. The molecule has 0 atom stereocenters. The molecule has 0 saturated heterocycles. The number of benzene rings is 2. The first-order valence-corrected chi connectivity index (χ1v) is 9.89. The Morgan fingerprint density at radius 1 is 1.03 bits per heavy atom. The maximum absolute atomic E-state index is 14.1. The van der Waals surface area contributed by atoms with Crippen LogP contribution in [0, 0.1) is 19.7 Å². The van der Waals surface area contributed by atoms with Crippen LogP contribution in [-0.2, 0) is 19.5 Å². The number of aromatic carboxylic acids is 1. The largest absolute Gasteiger partial charge is 0.478 e. The summed E-state index contributed by atoms with van der Waals surface area (Å²) in [6, 6.07) is 16.9.